The van der Waals surface area contributed by atoms with Crippen molar-refractivity contribution in [2.24, 2.45) is 5.92 Å². The first-order valence-electron chi connectivity index (χ1n) is 5.42. The van der Waals surface area contributed by atoms with E-state index in [0.717, 1.165) is 19.4 Å². The minimum atomic E-state index is -0.753. The van der Waals surface area contributed by atoms with Gasteiger partial charge in [-0.2, -0.15) is 0 Å². The summed E-state index contributed by atoms with van der Waals surface area (Å²) in [6.07, 6.45) is 3.40. The Morgan fingerprint density at radius 3 is 2.87 bits per heavy atom. The predicted octanol–water partition coefficient (Wildman–Crippen LogP) is -0.131. The molecule has 1 aliphatic heterocycles. The van der Waals surface area contributed by atoms with Gasteiger partial charge in [0.2, 0.25) is 5.91 Å². The smallest absolute Gasteiger partial charge is 0.224 e. The van der Waals surface area contributed by atoms with Crippen LogP contribution in [0.2, 0.25) is 0 Å². The van der Waals surface area contributed by atoms with Crippen molar-refractivity contribution in [2.75, 3.05) is 25.1 Å². The molecule has 1 rings (SSSR count). The maximum atomic E-state index is 11.7. The maximum absolute atomic E-state index is 11.7. The van der Waals surface area contributed by atoms with Gasteiger partial charge in [-0.25, -0.2) is 0 Å². The van der Waals surface area contributed by atoms with Crippen LogP contribution in [0.1, 0.15) is 19.8 Å². The van der Waals surface area contributed by atoms with Gasteiger partial charge in [0.05, 0.1) is 5.92 Å². The second kappa shape index (κ2) is 6.23. The van der Waals surface area contributed by atoms with E-state index in [4.69, 9.17) is 0 Å². The van der Waals surface area contributed by atoms with E-state index in [0.29, 0.717) is 12.3 Å². The van der Waals surface area contributed by atoms with Crippen molar-refractivity contribution in [3.8, 4) is 0 Å². The number of carbonyl (C=O) groups excluding carboxylic acids is 1. The molecule has 0 bridgehead atoms. The summed E-state index contributed by atoms with van der Waals surface area (Å²) in [5, 5.41) is 6.15. The maximum Gasteiger partial charge on any atom is 0.224 e. The van der Waals surface area contributed by atoms with E-state index in [-0.39, 0.29) is 17.9 Å². The molecule has 1 fully saturated rings. The van der Waals surface area contributed by atoms with E-state index >= 15 is 0 Å². The molecule has 3 unspecified atom stereocenters. The fourth-order valence-corrected chi connectivity index (χ4v) is 2.39. The number of nitrogens with one attached hydrogen (secondary N) is 2. The summed E-state index contributed by atoms with van der Waals surface area (Å²) >= 11 is 0. The lowest BCUT2D eigenvalue weighted by atomic mass is 10.0. The quantitative estimate of drug-likeness (QED) is 0.649. The Morgan fingerprint density at radius 1 is 1.60 bits per heavy atom. The first kappa shape index (κ1) is 12.6. The number of rotatable bonds is 5. The second-order valence-corrected chi connectivity index (χ2v) is 5.61. The van der Waals surface area contributed by atoms with Crippen LogP contribution in [0.3, 0.4) is 0 Å². The van der Waals surface area contributed by atoms with Crippen LogP contribution >= 0.6 is 0 Å². The molecule has 88 valence electrons. The summed E-state index contributed by atoms with van der Waals surface area (Å²) in [7, 11) is -0.753. The van der Waals surface area contributed by atoms with Crippen LogP contribution in [0.25, 0.3) is 0 Å². The number of hydrogen-bond acceptors (Lipinski definition) is 3. The van der Waals surface area contributed by atoms with Gasteiger partial charge in [0.1, 0.15) is 0 Å². The van der Waals surface area contributed by atoms with Crippen molar-refractivity contribution in [1.29, 1.82) is 0 Å². The molecular weight excluding hydrogens is 212 g/mol. The fourth-order valence-electron chi connectivity index (χ4n) is 1.84. The highest BCUT2D eigenvalue weighted by atomic mass is 32.2. The summed E-state index contributed by atoms with van der Waals surface area (Å²) in [4.78, 5) is 11.7. The Bertz CT molecular complexity index is 246. The zero-order valence-electron chi connectivity index (χ0n) is 9.41. The molecule has 1 heterocycles. The third-order valence-electron chi connectivity index (χ3n) is 2.77. The first-order valence-corrected chi connectivity index (χ1v) is 7.15. The zero-order chi connectivity index (χ0) is 11.3. The Hall–Kier alpha value is -0.420. The van der Waals surface area contributed by atoms with Crippen LogP contribution in [-0.4, -0.2) is 41.3 Å². The van der Waals surface area contributed by atoms with E-state index in [1.807, 2.05) is 6.92 Å². The van der Waals surface area contributed by atoms with Gasteiger partial charge >= 0.3 is 0 Å². The van der Waals surface area contributed by atoms with Gasteiger partial charge in [-0.15, -0.1) is 0 Å². The number of amides is 1. The Kier molecular flexibility index (Phi) is 5.25. The Balaban J connectivity index is 2.15. The monoisotopic (exact) mass is 232 g/mol. The van der Waals surface area contributed by atoms with Crippen LogP contribution in [0.5, 0.6) is 0 Å². The van der Waals surface area contributed by atoms with Crippen molar-refractivity contribution in [2.45, 2.75) is 25.8 Å². The molecule has 0 aliphatic carbocycles. The van der Waals surface area contributed by atoms with Gasteiger partial charge in [-0.1, -0.05) is 0 Å². The molecular formula is C10H20N2O2S. The van der Waals surface area contributed by atoms with Gasteiger partial charge in [-0.05, 0) is 26.3 Å². The van der Waals surface area contributed by atoms with Gasteiger partial charge in [0.15, 0.2) is 0 Å². The average molecular weight is 232 g/mol. The Morgan fingerprint density at radius 2 is 2.33 bits per heavy atom. The van der Waals surface area contributed by atoms with Crippen molar-refractivity contribution in [1.82, 2.24) is 10.6 Å². The normalized spacial score (nSPS) is 27.6. The van der Waals surface area contributed by atoms with E-state index < -0.39 is 10.8 Å². The molecule has 5 heteroatoms. The van der Waals surface area contributed by atoms with E-state index in [9.17, 15) is 9.00 Å². The van der Waals surface area contributed by atoms with Crippen molar-refractivity contribution >= 4 is 16.7 Å². The highest BCUT2D eigenvalue weighted by molar-refractivity contribution is 7.84. The van der Waals surface area contributed by atoms with Crippen molar-refractivity contribution < 1.29 is 9.00 Å². The van der Waals surface area contributed by atoms with E-state index in [1.165, 1.54) is 0 Å². The topological polar surface area (TPSA) is 58.2 Å². The second-order valence-electron chi connectivity index (χ2n) is 4.06. The van der Waals surface area contributed by atoms with Crippen LogP contribution < -0.4 is 10.6 Å². The SMILES string of the molecule is CC1NCCC1C(=O)NCCCS(C)=O. The van der Waals surface area contributed by atoms with E-state index in [2.05, 4.69) is 10.6 Å². The summed E-state index contributed by atoms with van der Waals surface area (Å²) in [6, 6.07) is 0.283. The predicted molar refractivity (Wildman–Crippen MR) is 62.1 cm³/mol. The minimum Gasteiger partial charge on any atom is -0.356 e. The molecule has 0 aromatic carbocycles. The molecule has 0 spiro atoms. The fraction of sp³-hybridized carbons (Fsp3) is 0.900. The van der Waals surface area contributed by atoms with Gasteiger partial charge in [0, 0.05) is 35.4 Å². The molecule has 4 nitrogen and oxygen atoms in total. The van der Waals surface area contributed by atoms with Crippen molar-refractivity contribution in [3.05, 3.63) is 0 Å². The molecule has 2 N–H and O–H groups in total. The molecule has 0 radical (unpaired) electrons. The zero-order valence-corrected chi connectivity index (χ0v) is 10.2. The van der Waals surface area contributed by atoms with Gasteiger partial charge in [-0.3, -0.25) is 9.00 Å². The summed E-state index contributed by atoms with van der Waals surface area (Å²) in [5.41, 5.74) is 0. The van der Waals surface area contributed by atoms with Crippen molar-refractivity contribution in [3.63, 3.8) is 0 Å². The molecule has 3 atom stereocenters. The Labute approximate surface area is 93.7 Å². The standard InChI is InChI=1S/C10H20N2O2S/c1-8-9(4-6-11-8)10(13)12-5-3-7-15(2)14/h8-9,11H,3-7H2,1-2H3,(H,12,13). The van der Waals surface area contributed by atoms with E-state index in [1.54, 1.807) is 6.26 Å². The molecule has 1 saturated heterocycles. The average Bonchev–Trinajstić information content (AvgIpc) is 2.58. The summed E-state index contributed by atoms with van der Waals surface area (Å²) in [6.45, 7) is 3.61. The van der Waals surface area contributed by atoms with Crippen LogP contribution in [0, 0.1) is 5.92 Å². The lowest BCUT2D eigenvalue weighted by Crippen LogP contribution is -2.37. The lowest BCUT2D eigenvalue weighted by Gasteiger charge is -2.14. The van der Waals surface area contributed by atoms with Crippen LogP contribution in [-0.2, 0) is 15.6 Å². The molecule has 15 heavy (non-hydrogen) atoms. The molecule has 1 amide bonds. The molecule has 0 aromatic rings. The number of hydrogen-bond donors (Lipinski definition) is 2. The molecule has 0 aromatic heterocycles. The van der Waals surface area contributed by atoms with Crippen LogP contribution in [0.15, 0.2) is 0 Å². The highest BCUT2D eigenvalue weighted by Gasteiger charge is 2.28. The van der Waals surface area contributed by atoms with Gasteiger partial charge < -0.3 is 10.6 Å². The lowest BCUT2D eigenvalue weighted by molar-refractivity contribution is -0.125. The molecule has 1 aliphatic rings. The summed E-state index contributed by atoms with van der Waals surface area (Å²) in [5.74, 6) is 0.908. The highest BCUT2D eigenvalue weighted by Crippen LogP contribution is 2.14. The summed E-state index contributed by atoms with van der Waals surface area (Å²) < 4.78 is 10.8. The third kappa shape index (κ3) is 4.30. The first-order chi connectivity index (χ1) is 7.11. The third-order valence-corrected chi connectivity index (χ3v) is 3.63. The van der Waals surface area contributed by atoms with Crippen LogP contribution in [0.4, 0.5) is 0 Å². The molecule has 0 saturated carbocycles. The minimum absolute atomic E-state index is 0.108. The van der Waals surface area contributed by atoms with Gasteiger partial charge in [0.25, 0.3) is 0 Å². The largest absolute Gasteiger partial charge is 0.356 e. The number of carbonyl (C=O) groups is 1.